The van der Waals surface area contributed by atoms with Gasteiger partial charge < -0.3 is 66.8 Å². The number of nitrogens with zero attached hydrogens (tertiary/aromatic N) is 4. The van der Waals surface area contributed by atoms with Crippen LogP contribution in [0.4, 0.5) is 15.3 Å². The van der Waals surface area contributed by atoms with E-state index in [0.717, 1.165) is 19.3 Å². The van der Waals surface area contributed by atoms with Crippen molar-refractivity contribution >= 4 is 82.7 Å². The molecule has 9 N–H and O–H groups in total. The highest BCUT2D eigenvalue weighted by Gasteiger charge is 2.45. The fourth-order valence-electron chi connectivity index (χ4n) is 13.2. The number of ether oxygens (including phenoxy) is 3. The van der Waals surface area contributed by atoms with Gasteiger partial charge in [0.05, 0.1) is 54.0 Å². The highest BCUT2D eigenvalue weighted by molar-refractivity contribution is 8.01. The number of benzene rings is 2. The number of hydrogen-bond donors (Lipinski definition) is 8. The SMILES string of the molecule is CCCCC(C)SC1CC(=O)N(CCCCCC(=O)N[C@H](C(=O)N[C@@H](CCCNC(N)=O)C(=O)Nc2ccc(COC(=O)N(C)[C@H](C(=O)N[C@H](C(=O)N(C)[C@@H]([C@@H](C)CC)[C@@H](CC(=O)N3CCC[C@H]3[C@H](OC)[C@@H](C)C(=O)N[C@H](C)[C@@H](O)c3ccccc3)OC)C(C)C)C(C)C)cc2)C(C)C)C1=O. The molecule has 0 aromatic heterocycles. The number of rotatable bonds is 43. The first-order valence-electron chi connectivity index (χ1n) is 36.2. The van der Waals surface area contributed by atoms with Gasteiger partial charge in [-0.05, 0) is 98.8 Å². The lowest BCUT2D eigenvalue weighted by Crippen LogP contribution is -2.60. The third-order valence-electron chi connectivity index (χ3n) is 19.4. The first kappa shape index (κ1) is 86.0. The van der Waals surface area contributed by atoms with Crippen LogP contribution in [0, 0.1) is 29.6 Å². The summed E-state index contributed by atoms with van der Waals surface area (Å²) in [6, 6.07) is 8.78. The maximum atomic E-state index is 14.8. The number of likely N-dealkylation sites (tertiary alicyclic amines) is 2. The summed E-state index contributed by atoms with van der Waals surface area (Å²) < 4.78 is 17.8. The van der Waals surface area contributed by atoms with Crippen molar-refractivity contribution in [2.75, 3.05) is 53.3 Å². The standard InChI is InChI=1S/C74H119N11O15S/c1-17-19-28-48(10)101-57-42-60(88)85(71(57)94)39-25-21-24-33-58(86)80-61(44(3)4)69(92)79-54(31-26-38-76-73(75)96)68(91)78-53-36-34-51(35-37-53)43-100-74(97)83(14)63(46(7)8)70(93)81-62(45(5)6)72(95)82(13)64(47(9)18-2)56(98-15)41-59(87)84-40-27-32-55(84)66(99-16)49(11)67(90)77-50(12)65(89)52-29-22-20-23-30-52/h20,22-23,29-30,34-37,44-50,54-57,61-66,89H,17-19,21,24-28,31-33,38-43H2,1-16H3,(H,77,90)(H,78,91)(H,79,92)(H,80,86)(H,81,93)(H3,75,76,96)/t47-,48?,49+,50+,54-,55-,56+,57?,61-,62-,63-,64-,65+,66+/m0/s1. The van der Waals surface area contributed by atoms with Gasteiger partial charge in [-0.1, -0.05) is 144 Å². The summed E-state index contributed by atoms with van der Waals surface area (Å²) in [5, 5.41) is 27.7. The highest BCUT2D eigenvalue weighted by atomic mass is 32.2. The van der Waals surface area contributed by atoms with E-state index in [1.807, 2.05) is 32.0 Å². The van der Waals surface area contributed by atoms with Gasteiger partial charge >= 0.3 is 12.1 Å². The Morgan fingerprint density at radius 1 is 0.723 bits per heavy atom. The number of hydrogen-bond acceptors (Lipinski definition) is 16. The van der Waals surface area contributed by atoms with E-state index in [0.29, 0.717) is 61.9 Å². The lowest BCUT2D eigenvalue weighted by molar-refractivity contribution is -0.148. The molecule has 2 aromatic carbocycles. The number of nitrogens with two attached hydrogens (primary N) is 1. The summed E-state index contributed by atoms with van der Waals surface area (Å²) in [4.78, 5) is 155. The normalized spacial score (nSPS) is 18.3. The number of carbonyl (C=O) groups is 11. The van der Waals surface area contributed by atoms with Crippen LogP contribution in [0.1, 0.15) is 190 Å². The number of unbranched alkanes of at least 4 members (excludes halogenated alkanes) is 3. The Morgan fingerprint density at radius 2 is 1.39 bits per heavy atom. The van der Waals surface area contributed by atoms with Crippen molar-refractivity contribution in [3.8, 4) is 0 Å². The number of nitrogens with one attached hydrogen (secondary N) is 6. The van der Waals surface area contributed by atoms with Crippen LogP contribution in [0.15, 0.2) is 54.6 Å². The number of urea groups is 1. The van der Waals surface area contributed by atoms with Gasteiger partial charge in [-0.25, -0.2) is 9.59 Å². The molecular formula is C74H119N11O15S. The van der Waals surface area contributed by atoms with Gasteiger partial charge in [-0.2, -0.15) is 0 Å². The number of primary amides is 1. The van der Waals surface area contributed by atoms with Crippen LogP contribution < -0.4 is 37.6 Å². The van der Waals surface area contributed by atoms with Crippen molar-refractivity contribution in [2.24, 2.45) is 35.3 Å². The number of methoxy groups -OCH3 is 2. The summed E-state index contributed by atoms with van der Waals surface area (Å²) in [6.45, 7) is 22.9. The van der Waals surface area contributed by atoms with Crippen LogP contribution in [-0.4, -0.2) is 203 Å². The lowest BCUT2D eigenvalue weighted by Gasteiger charge is -2.41. The van der Waals surface area contributed by atoms with E-state index < -0.39 is 114 Å². The van der Waals surface area contributed by atoms with Gasteiger partial charge in [-0.15, -0.1) is 11.8 Å². The molecule has 2 heterocycles. The minimum absolute atomic E-state index is 0.0859. The fourth-order valence-corrected chi connectivity index (χ4v) is 14.6. The zero-order valence-corrected chi connectivity index (χ0v) is 63.5. The Kier molecular flexibility index (Phi) is 36.6. The van der Waals surface area contributed by atoms with Gasteiger partial charge in [0.25, 0.3) is 0 Å². The minimum Gasteiger partial charge on any atom is -0.445 e. The molecule has 14 atom stereocenters. The molecule has 0 aliphatic carbocycles. The average Bonchev–Trinajstić information content (AvgIpc) is 1.79. The third kappa shape index (κ3) is 26.1. The van der Waals surface area contributed by atoms with Crippen molar-refractivity contribution in [1.82, 2.24) is 46.2 Å². The Labute approximate surface area is 603 Å². The molecule has 0 radical (unpaired) electrons. The molecule has 101 heavy (non-hydrogen) atoms. The van der Waals surface area contributed by atoms with Gasteiger partial charge in [0.15, 0.2) is 0 Å². The van der Waals surface area contributed by atoms with E-state index in [4.69, 9.17) is 19.9 Å². The van der Waals surface area contributed by atoms with E-state index in [1.54, 1.807) is 120 Å². The predicted molar refractivity (Wildman–Crippen MR) is 389 cm³/mol. The Balaban J connectivity index is 1.35. The van der Waals surface area contributed by atoms with Crippen molar-refractivity contribution in [3.05, 3.63) is 65.7 Å². The molecule has 2 aromatic rings. The molecule has 2 unspecified atom stereocenters. The van der Waals surface area contributed by atoms with E-state index >= 15 is 0 Å². The summed E-state index contributed by atoms with van der Waals surface area (Å²) >= 11 is 1.56. The number of amides is 12. The Bertz CT molecular complexity index is 3020. The maximum absolute atomic E-state index is 14.8. The Morgan fingerprint density at radius 3 is 1.98 bits per heavy atom. The first-order chi connectivity index (χ1) is 47.8. The second kappa shape index (κ2) is 42.9. The zero-order valence-electron chi connectivity index (χ0n) is 62.7. The van der Waals surface area contributed by atoms with Crippen LogP contribution in [0.25, 0.3) is 0 Å². The zero-order chi connectivity index (χ0) is 75.4. The van der Waals surface area contributed by atoms with Gasteiger partial charge in [0.1, 0.15) is 30.8 Å². The summed E-state index contributed by atoms with van der Waals surface area (Å²) in [5.41, 5.74) is 6.81. The largest absolute Gasteiger partial charge is 0.445 e. The van der Waals surface area contributed by atoms with Gasteiger partial charge in [0, 0.05) is 71.7 Å². The van der Waals surface area contributed by atoms with Gasteiger partial charge in [-0.3, -0.25) is 53.0 Å². The van der Waals surface area contributed by atoms with Crippen molar-refractivity contribution in [3.63, 3.8) is 0 Å². The van der Waals surface area contributed by atoms with Crippen molar-refractivity contribution < 1.29 is 72.1 Å². The number of thioether (sulfide) groups is 1. The van der Waals surface area contributed by atoms with Crippen LogP contribution in [0.5, 0.6) is 0 Å². The molecule has 27 heteroatoms. The molecule has 2 aliphatic heterocycles. The maximum Gasteiger partial charge on any atom is 0.410 e. The molecule has 4 rings (SSSR count). The molecular weight excluding hydrogens is 1310 g/mol. The second-order valence-corrected chi connectivity index (χ2v) is 29.9. The fraction of sp³-hybridized carbons (Fsp3) is 0.689. The number of likely N-dealkylation sites (N-methyl/N-ethyl adjacent to an activating group) is 2. The monoisotopic (exact) mass is 1430 g/mol. The number of anilines is 1. The molecule has 0 saturated carbocycles. The Hall–Kier alpha value is -7.36. The van der Waals surface area contributed by atoms with E-state index in [-0.39, 0.29) is 104 Å². The second-order valence-electron chi connectivity index (χ2n) is 28.3. The highest BCUT2D eigenvalue weighted by Crippen LogP contribution is 2.33. The molecule has 2 fully saturated rings. The van der Waals surface area contributed by atoms with Crippen LogP contribution in [0.3, 0.4) is 0 Å². The molecule has 12 amide bonds. The number of aliphatic hydroxyl groups excluding tert-OH is 1. The third-order valence-corrected chi connectivity index (χ3v) is 20.8. The molecule has 2 saturated heterocycles. The lowest BCUT2D eigenvalue weighted by atomic mass is 9.89. The molecule has 0 bridgehead atoms. The number of imide groups is 1. The van der Waals surface area contributed by atoms with Crippen LogP contribution >= 0.6 is 11.8 Å². The van der Waals surface area contributed by atoms with E-state index in [9.17, 15) is 57.8 Å². The quantitative estimate of drug-likeness (QED) is 0.0234. The van der Waals surface area contributed by atoms with E-state index in [1.165, 1.54) is 31.1 Å². The minimum atomic E-state index is -1.12. The average molecular weight is 1430 g/mol. The molecule has 0 spiro atoms. The summed E-state index contributed by atoms with van der Waals surface area (Å²) in [5.74, 6) is -5.57. The van der Waals surface area contributed by atoms with E-state index in [2.05, 4.69) is 45.7 Å². The van der Waals surface area contributed by atoms with Gasteiger partial charge in [0.2, 0.25) is 53.2 Å². The molecule has 2 aliphatic rings. The topological polar surface area (TPSA) is 347 Å². The van der Waals surface area contributed by atoms with Crippen molar-refractivity contribution in [1.29, 1.82) is 0 Å². The number of carbonyl (C=O) groups excluding carboxylic acids is 11. The summed E-state index contributed by atoms with van der Waals surface area (Å²) in [6.07, 6.45) is 3.90. The molecule has 26 nitrogen and oxygen atoms in total. The molecule has 566 valence electrons. The van der Waals surface area contributed by atoms with Crippen molar-refractivity contribution in [2.45, 2.75) is 251 Å². The van der Waals surface area contributed by atoms with Crippen LogP contribution in [-0.2, 0) is 64.0 Å². The number of aliphatic hydroxyl groups is 1. The smallest absolute Gasteiger partial charge is 0.410 e. The first-order valence-corrected chi connectivity index (χ1v) is 37.1. The summed E-state index contributed by atoms with van der Waals surface area (Å²) in [7, 11) is 6.09. The predicted octanol–water partition coefficient (Wildman–Crippen LogP) is 7.59. The van der Waals surface area contributed by atoms with Crippen LogP contribution in [0.2, 0.25) is 0 Å².